The van der Waals surface area contributed by atoms with Gasteiger partial charge in [-0.3, -0.25) is 4.98 Å². The number of hydrogen-bond donors (Lipinski definition) is 0. The third-order valence-electron chi connectivity index (χ3n) is 4.63. The SMILES string of the molecule is FC1=CCC([C@H]2CCc3oc(-c4ccccn4)nc3C2)C(Cl)=C1. The third kappa shape index (κ3) is 2.83. The van der Waals surface area contributed by atoms with Crippen LogP contribution in [0.25, 0.3) is 11.6 Å². The van der Waals surface area contributed by atoms with Crippen molar-refractivity contribution in [3.63, 3.8) is 0 Å². The zero-order chi connectivity index (χ0) is 15.8. The first-order valence-electron chi connectivity index (χ1n) is 7.83. The molecule has 0 aliphatic heterocycles. The molecule has 0 spiro atoms. The predicted molar refractivity (Wildman–Crippen MR) is 86.5 cm³/mol. The molecule has 2 aliphatic rings. The molecule has 0 amide bonds. The summed E-state index contributed by atoms with van der Waals surface area (Å²) in [6.45, 7) is 0. The second-order valence-corrected chi connectivity index (χ2v) is 6.50. The summed E-state index contributed by atoms with van der Waals surface area (Å²) in [5.74, 6) is 1.84. The highest BCUT2D eigenvalue weighted by Gasteiger charge is 2.32. The number of hydrogen-bond acceptors (Lipinski definition) is 3. The van der Waals surface area contributed by atoms with E-state index < -0.39 is 0 Å². The highest BCUT2D eigenvalue weighted by atomic mass is 35.5. The van der Waals surface area contributed by atoms with Gasteiger partial charge in [0.05, 0.1) is 5.69 Å². The molecule has 0 radical (unpaired) electrons. The standard InChI is InChI=1S/C18H16ClFN2O/c19-14-10-12(20)5-6-13(14)11-4-7-17-16(9-11)22-18(23-17)15-3-1-2-8-21-15/h1-3,5,8,10-11,13H,4,6-7,9H2/t11-,13?/m0/s1. The summed E-state index contributed by atoms with van der Waals surface area (Å²) in [6, 6.07) is 5.68. The molecule has 0 aromatic carbocycles. The van der Waals surface area contributed by atoms with Gasteiger partial charge in [-0.05, 0) is 49.5 Å². The first-order valence-corrected chi connectivity index (χ1v) is 8.21. The van der Waals surface area contributed by atoms with Crippen LogP contribution in [0, 0.1) is 11.8 Å². The zero-order valence-corrected chi connectivity index (χ0v) is 13.3. The molecule has 118 valence electrons. The van der Waals surface area contributed by atoms with Crippen LogP contribution in [0.4, 0.5) is 4.39 Å². The lowest BCUT2D eigenvalue weighted by atomic mass is 9.77. The minimum Gasteiger partial charge on any atom is -0.440 e. The van der Waals surface area contributed by atoms with E-state index in [9.17, 15) is 4.39 Å². The third-order valence-corrected chi connectivity index (χ3v) is 5.02. The van der Waals surface area contributed by atoms with Gasteiger partial charge in [0.1, 0.15) is 17.3 Å². The molecular weight excluding hydrogens is 315 g/mol. The van der Waals surface area contributed by atoms with Crippen molar-refractivity contribution in [2.24, 2.45) is 11.8 Å². The number of aromatic nitrogens is 2. The number of fused-ring (bicyclic) bond motifs is 1. The highest BCUT2D eigenvalue weighted by Crippen LogP contribution is 2.40. The van der Waals surface area contributed by atoms with Crippen molar-refractivity contribution < 1.29 is 8.81 Å². The number of rotatable bonds is 2. The Bertz CT molecular complexity index is 782. The summed E-state index contributed by atoms with van der Waals surface area (Å²) in [5, 5.41) is 0.617. The highest BCUT2D eigenvalue weighted by molar-refractivity contribution is 6.30. The van der Waals surface area contributed by atoms with Crippen molar-refractivity contribution in [3.8, 4) is 11.6 Å². The van der Waals surface area contributed by atoms with E-state index in [0.717, 1.165) is 36.4 Å². The molecule has 2 atom stereocenters. The monoisotopic (exact) mass is 330 g/mol. The molecule has 2 heterocycles. The minimum atomic E-state index is -0.235. The van der Waals surface area contributed by atoms with Crippen LogP contribution in [0.5, 0.6) is 0 Å². The molecule has 1 unspecified atom stereocenters. The van der Waals surface area contributed by atoms with Crippen LogP contribution in [0.2, 0.25) is 0 Å². The summed E-state index contributed by atoms with van der Waals surface area (Å²) in [5.41, 5.74) is 1.74. The lowest BCUT2D eigenvalue weighted by Crippen LogP contribution is -2.23. The summed E-state index contributed by atoms with van der Waals surface area (Å²) < 4.78 is 19.1. The topological polar surface area (TPSA) is 38.9 Å². The van der Waals surface area contributed by atoms with Gasteiger partial charge in [0.15, 0.2) is 0 Å². The van der Waals surface area contributed by atoms with Gasteiger partial charge in [-0.1, -0.05) is 17.7 Å². The molecular formula is C18H16ClFN2O. The first kappa shape index (κ1) is 14.6. The number of halogens is 2. The Labute approximate surface area is 138 Å². The van der Waals surface area contributed by atoms with Crippen LogP contribution in [0.3, 0.4) is 0 Å². The molecule has 0 bridgehead atoms. The molecule has 5 heteroatoms. The maximum absolute atomic E-state index is 13.3. The summed E-state index contributed by atoms with van der Waals surface area (Å²) >= 11 is 6.27. The Balaban J connectivity index is 1.56. The fourth-order valence-electron chi connectivity index (χ4n) is 3.41. The fraction of sp³-hybridized carbons (Fsp3) is 0.333. The van der Waals surface area contributed by atoms with Crippen molar-refractivity contribution in [2.45, 2.75) is 25.7 Å². The van der Waals surface area contributed by atoms with Crippen molar-refractivity contribution in [2.75, 3.05) is 0 Å². The van der Waals surface area contributed by atoms with Gasteiger partial charge >= 0.3 is 0 Å². The minimum absolute atomic E-state index is 0.180. The average molecular weight is 331 g/mol. The van der Waals surface area contributed by atoms with Crippen LogP contribution in [-0.4, -0.2) is 9.97 Å². The van der Waals surface area contributed by atoms with Crippen LogP contribution >= 0.6 is 11.6 Å². The van der Waals surface area contributed by atoms with Crippen LogP contribution in [-0.2, 0) is 12.8 Å². The number of oxazole rings is 1. The van der Waals surface area contributed by atoms with E-state index in [2.05, 4.69) is 9.97 Å². The lowest BCUT2D eigenvalue weighted by Gasteiger charge is -2.29. The van der Waals surface area contributed by atoms with E-state index in [0.29, 0.717) is 23.3 Å². The molecule has 2 aromatic rings. The summed E-state index contributed by atoms with van der Waals surface area (Å²) in [6.07, 6.45) is 8.08. The van der Waals surface area contributed by atoms with Gasteiger partial charge < -0.3 is 4.42 Å². The van der Waals surface area contributed by atoms with Crippen molar-refractivity contribution in [1.82, 2.24) is 9.97 Å². The molecule has 3 nitrogen and oxygen atoms in total. The second-order valence-electron chi connectivity index (χ2n) is 6.07. The number of allylic oxidation sites excluding steroid dienone is 4. The number of aryl methyl sites for hydroxylation is 1. The van der Waals surface area contributed by atoms with Gasteiger partial charge in [-0.25, -0.2) is 9.37 Å². The maximum atomic E-state index is 13.3. The van der Waals surface area contributed by atoms with E-state index in [-0.39, 0.29) is 11.7 Å². The van der Waals surface area contributed by atoms with Gasteiger partial charge in [0.2, 0.25) is 5.89 Å². The average Bonchev–Trinajstić information content (AvgIpc) is 2.99. The number of nitrogens with zero attached hydrogens (tertiary/aromatic N) is 2. The van der Waals surface area contributed by atoms with Gasteiger partial charge in [0.25, 0.3) is 0 Å². The maximum Gasteiger partial charge on any atom is 0.245 e. The predicted octanol–water partition coefficient (Wildman–Crippen LogP) is 4.84. The van der Waals surface area contributed by atoms with E-state index >= 15 is 0 Å². The molecule has 4 rings (SSSR count). The zero-order valence-electron chi connectivity index (χ0n) is 12.5. The normalized spacial score (nSPS) is 23.9. The van der Waals surface area contributed by atoms with Gasteiger partial charge in [0, 0.05) is 23.6 Å². The fourth-order valence-corrected chi connectivity index (χ4v) is 3.79. The van der Waals surface area contributed by atoms with Gasteiger partial charge in [-0.2, -0.15) is 0 Å². The van der Waals surface area contributed by atoms with Crippen molar-refractivity contribution in [3.05, 3.63) is 58.9 Å². The Hall–Kier alpha value is -1.94. The molecule has 0 N–H and O–H groups in total. The molecule has 23 heavy (non-hydrogen) atoms. The summed E-state index contributed by atoms with van der Waals surface area (Å²) in [7, 11) is 0. The first-order chi connectivity index (χ1) is 11.2. The molecule has 2 aliphatic carbocycles. The van der Waals surface area contributed by atoms with E-state index in [4.69, 9.17) is 16.0 Å². The quantitative estimate of drug-likeness (QED) is 0.791. The Morgan fingerprint density at radius 1 is 1.30 bits per heavy atom. The van der Waals surface area contributed by atoms with E-state index in [1.165, 1.54) is 6.08 Å². The van der Waals surface area contributed by atoms with Crippen LogP contribution in [0.15, 0.2) is 51.8 Å². The van der Waals surface area contributed by atoms with E-state index in [1.54, 1.807) is 12.3 Å². The van der Waals surface area contributed by atoms with E-state index in [1.807, 2.05) is 18.2 Å². The van der Waals surface area contributed by atoms with Crippen molar-refractivity contribution in [1.29, 1.82) is 0 Å². The number of pyridine rings is 1. The lowest BCUT2D eigenvalue weighted by molar-refractivity contribution is 0.323. The van der Waals surface area contributed by atoms with Gasteiger partial charge in [-0.15, -0.1) is 0 Å². The smallest absolute Gasteiger partial charge is 0.245 e. The largest absolute Gasteiger partial charge is 0.440 e. The molecule has 0 saturated carbocycles. The summed E-state index contributed by atoms with van der Waals surface area (Å²) in [4.78, 5) is 8.91. The molecule has 0 fully saturated rings. The molecule has 0 saturated heterocycles. The van der Waals surface area contributed by atoms with Crippen LogP contribution in [0.1, 0.15) is 24.3 Å². The second kappa shape index (κ2) is 5.93. The Morgan fingerprint density at radius 2 is 2.22 bits per heavy atom. The Kier molecular flexibility index (Phi) is 3.77. The Morgan fingerprint density at radius 3 is 3.00 bits per heavy atom. The van der Waals surface area contributed by atoms with Crippen molar-refractivity contribution >= 4 is 11.6 Å². The van der Waals surface area contributed by atoms with Crippen LogP contribution < -0.4 is 0 Å². The molecule has 2 aromatic heterocycles.